The Morgan fingerprint density at radius 3 is 2.14 bits per heavy atom. The van der Waals surface area contributed by atoms with Crippen LogP contribution in [0.15, 0.2) is 72.9 Å². The average molecular weight is 473 g/mol. The van der Waals surface area contributed by atoms with Crippen LogP contribution in [-0.2, 0) is 11.2 Å². The van der Waals surface area contributed by atoms with Crippen LogP contribution >= 0.6 is 0 Å². The van der Waals surface area contributed by atoms with Crippen molar-refractivity contribution in [2.75, 3.05) is 28.4 Å². The number of methoxy groups -OCH3 is 4. The number of aromatic nitrogens is 1. The lowest BCUT2D eigenvalue weighted by molar-refractivity contribution is -0.120. The van der Waals surface area contributed by atoms with Gasteiger partial charge in [0.05, 0.1) is 46.6 Å². The Labute approximate surface area is 204 Å². The first kappa shape index (κ1) is 23.9. The van der Waals surface area contributed by atoms with Gasteiger partial charge in [-0.3, -0.25) is 9.78 Å². The maximum atomic E-state index is 13.2. The summed E-state index contributed by atoms with van der Waals surface area (Å²) in [7, 11) is 6.36. The molecule has 1 amide bonds. The number of amides is 1. The van der Waals surface area contributed by atoms with Crippen LogP contribution in [0.3, 0.4) is 0 Å². The smallest absolute Gasteiger partial charge is 0.225 e. The maximum Gasteiger partial charge on any atom is 0.225 e. The van der Waals surface area contributed by atoms with Crippen molar-refractivity contribution >= 4 is 16.7 Å². The zero-order chi connectivity index (χ0) is 24.8. The predicted molar refractivity (Wildman–Crippen MR) is 135 cm³/mol. The number of pyridine rings is 1. The largest absolute Gasteiger partial charge is 0.493 e. The lowest BCUT2D eigenvalue weighted by Crippen LogP contribution is -2.31. The topological polar surface area (TPSA) is 78.9 Å². The van der Waals surface area contributed by atoms with Crippen LogP contribution in [0, 0.1) is 0 Å². The van der Waals surface area contributed by atoms with Gasteiger partial charge in [-0.1, -0.05) is 36.4 Å². The minimum absolute atomic E-state index is 0.129. The van der Waals surface area contributed by atoms with Gasteiger partial charge in [-0.15, -0.1) is 0 Å². The molecule has 4 rings (SSSR count). The van der Waals surface area contributed by atoms with E-state index in [0.717, 1.165) is 21.9 Å². The quantitative estimate of drug-likeness (QED) is 0.380. The van der Waals surface area contributed by atoms with Gasteiger partial charge >= 0.3 is 0 Å². The van der Waals surface area contributed by atoms with Crippen molar-refractivity contribution < 1.29 is 23.7 Å². The van der Waals surface area contributed by atoms with Gasteiger partial charge in [0, 0.05) is 11.6 Å². The molecule has 0 radical (unpaired) electrons. The maximum absolute atomic E-state index is 13.2. The number of ether oxygens (including phenoxy) is 4. The van der Waals surface area contributed by atoms with E-state index in [9.17, 15) is 4.79 Å². The van der Waals surface area contributed by atoms with E-state index in [-0.39, 0.29) is 12.3 Å². The van der Waals surface area contributed by atoms with Crippen molar-refractivity contribution in [3.63, 3.8) is 0 Å². The van der Waals surface area contributed by atoms with Gasteiger partial charge in [-0.05, 0) is 46.8 Å². The van der Waals surface area contributed by atoms with Gasteiger partial charge < -0.3 is 24.3 Å². The molecule has 1 aromatic heterocycles. The van der Waals surface area contributed by atoms with Gasteiger partial charge in [-0.2, -0.15) is 0 Å². The summed E-state index contributed by atoms with van der Waals surface area (Å²) in [6, 6.07) is 20.3. The molecule has 0 saturated carbocycles. The zero-order valence-corrected chi connectivity index (χ0v) is 20.2. The first-order valence-corrected chi connectivity index (χ1v) is 11.1. The highest BCUT2D eigenvalue weighted by atomic mass is 16.5. The normalized spacial score (nSPS) is 11.5. The number of benzene rings is 3. The fraction of sp³-hybridized carbons (Fsp3) is 0.214. The highest BCUT2D eigenvalue weighted by Crippen LogP contribution is 2.37. The molecule has 3 aromatic carbocycles. The highest BCUT2D eigenvalue weighted by Gasteiger charge is 2.23. The fourth-order valence-electron chi connectivity index (χ4n) is 4.09. The Kier molecular flexibility index (Phi) is 7.35. The number of nitrogens with zero attached hydrogens (tertiary/aromatic N) is 1. The molecule has 7 nitrogen and oxygen atoms in total. The Bertz CT molecular complexity index is 1320. The molecular weight excluding hydrogens is 444 g/mol. The molecule has 1 atom stereocenters. The molecule has 1 unspecified atom stereocenters. The number of carbonyl (C=O) groups excluding carboxylic acids is 1. The molecule has 0 spiro atoms. The molecule has 4 aromatic rings. The van der Waals surface area contributed by atoms with Crippen molar-refractivity contribution in [1.82, 2.24) is 10.3 Å². The zero-order valence-electron chi connectivity index (χ0n) is 20.2. The van der Waals surface area contributed by atoms with E-state index in [1.54, 1.807) is 34.6 Å². The van der Waals surface area contributed by atoms with Crippen molar-refractivity contribution in [3.8, 4) is 23.0 Å². The monoisotopic (exact) mass is 472 g/mol. The van der Waals surface area contributed by atoms with Gasteiger partial charge in [-0.25, -0.2) is 0 Å². The van der Waals surface area contributed by atoms with Crippen molar-refractivity contribution in [2.24, 2.45) is 0 Å². The Hall–Kier alpha value is -4.26. The standard InChI is InChI=1S/C28H28N2O5/c1-32-22-11-10-20(16-23(22)33-2)27(30-26(31)14-18-8-6-5-7-9-18)28-21-17-25(35-4)24(34-3)15-19(21)12-13-29-28/h5-13,15-17,27H,14H2,1-4H3,(H,30,31). The number of nitrogens with one attached hydrogen (secondary N) is 1. The summed E-state index contributed by atoms with van der Waals surface area (Å²) in [5.41, 5.74) is 2.41. The second kappa shape index (κ2) is 10.8. The average Bonchev–Trinajstić information content (AvgIpc) is 2.90. The first-order valence-electron chi connectivity index (χ1n) is 11.1. The Morgan fingerprint density at radius 2 is 1.46 bits per heavy atom. The van der Waals surface area contributed by atoms with Gasteiger partial charge in [0.1, 0.15) is 0 Å². The second-order valence-corrected chi connectivity index (χ2v) is 7.90. The number of hydrogen-bond donors (Lipinski definition) is 1. The van der Waals surface area contributed by atoms with Crippen LogP contribution in [0.25, 0.3) is 10.8 Å². The summed E-state index contributed by atoms with van der Waals surface area (Å²) >= 11 is 0. The summed E-state index contributed by atoms with van der Waals surface area (Å²) < 4.78 is 21.9. The van der Waals surface area contributed by atoms with E-state index in [1.165, 1.54) is 0 Å². The van der Waals surface area contributed by atoms with Gasteiger partial charge in [0.15, 0.2) is 23.0 Å². The van der Waals surface area contributed by atoms with E-state index in [1.807, 2.05) is 66.7 Å². The Balaban J connectivity index is 1.83. The Morgan fingerprint density at radius 1 is 0.800 bits per heavy atom. The van der Waals surface area contributed by atoms with E-state index in [4.69, 9.17) is 18.9 Å². The van der Waals surface area contributed by atoms with Crippen LogP contribution in [-0.4, -0.2) is 39.3 Å². The van der Waals surface area contributed by atoms with Crippen molar-refractivity contribution in [2.45, 2.75) is 12.5 Å². The summed E-state index contributed by atoms with van der Waals surface area (Å²) in [5, 5.41) is 4.93. The fourth-order valence-corrected chi connectivity index (χ4v) is 4.09. The summed E-state index contributed by atoms with van der Waals surface area (Å²) in [5.74, 6) is 2.23. The van der Waals surface area contributed by atoms with Gasteiger partial charge in [0.25, 0.3) is 0 Å². The minimum atomic E-state index is -0.548. The van der Waals surface area contributed by atoms with E-state index in [2.05, 4.69) is 10.3 Å². The third-order valence-corrected chi connectivity index (χ3v) is 5.83. The predicted octanol–water partition coefficient (Wildman–Crippen LogP) is 4.72. The molecule has 0 bridgehead atoms. The third-order valence-electron chi connectivity index (χ3n) is 5.83. The molecular formula is C28H28N2O5. The van der Waals surface area contributed by atoms with E-state index in [0.29, 0.717) is 28.7 Å². The van der Waals surface area contributed by atoms with Crippen LogP contribution < -0.4 is 24.3 Å². The molecule has 0 fully saturated rings. The van der Waals surface area contributed by atoms with E-state index < -0.39 is 6.04 Å². The SMILES string of the molecule is COc1ccc(C(NC(=O)Cc2ccccc2)c2nccc3cc(OC)c(OC)cc23)cc1OC. The molecule has 35 heavy (non-hydrogen) atoms. The van der Waals surface area contributed by atoms with Gasteiger partial charge in [0.2, 0.25) is 5.91 Å². The molecule has 180 valence electrons. The molecule has 1 heterocycles. The summed E-state index contributed by atoms with van der Waals surface area (Å²) in [6.07, 6.45) is 1.97. The van der Waals surface area contributed by atoms with Crippen LogP contribution in [0.2, 0.25) is 0 Å². The van der Waals surface area contributed by atoms with E-state index >= 15 is 0 Å². The number of fused-ring (bicyclic) bond motifs is 1. The molecule has 0 aliphatic rings. The minimum Gasteiger partial charge on any atom is -0.493 e. The molecule has 7 heteroatoms. The lowest BCUT2D eigenvalue weighted by atomic mass is 9.97. The number of carbonyl (C=O) groups is 1. The number of rotatable bonds is 9. The summed E-state index contributed by atoms with van der Waals surface area (Å²) in [4.78, 5) is 17.9. The third kappa shape index (κ3) is 5.14. The second-order valence-electron chi connectivity index (χ2n) is 7.90. The molecule has 0 aliphatic carbocycles. The van der Waals surface area contributed by atoms with Crippen LogP contribution in [0.1, 0.15) is 22.9 Å². The van der Waals surface area contributed by atoms with Crippen molar-refractivity contribution in [3.05, 3.63) is 89.7 Å². The van der Waals surface area contributed by atoms with Crippen LogP contribution in [0.5, 0.6) is 23.0 Å². The lowest BCUT2D eigenvalue weighted by Gasteiger charge is -2.22. The van der Waals surface area contributed by atoms with Crippen molar-refractivity contribution in [1.29, 1.82) is 0 Å². The van der Waals surface area contributed by atoms with Crippen LogP contribution in [0.4, 0.5) is 0 Å². The molecule has 1 N–H and O–H groups in total. The first-order chi connectivity index (χ1) is 17.1. The number of hydrogen-bond acceptors (Lipinski definition) is 6. The summed E-state index contributed by atoms with van der Waals surface area (Å²) in [6.45, 7) is 0. The molecule has 0 saturated heterocycles. The molecule has 0 aliphatic heterocycles. The highest BCUT2D eigenvalue weighted by molar-refractivity contribution is 5.89.